The molecule has 2 rings (SSSR count). The number of aromatic nitrogens is 1. The normalized spacial score (nSPS) is 16.9. The molecule has 6 nitrogen and oxygen atoms in total. The fourth-order valence-electron chi connectivity index (χ4n) is 2.23. The lowest BCUT2D eigenvalue weighted by atomic mass is 10.3. The molecule has 1 aliphatic rings. The molecule has 1 aromatic rings. The van der Waals surface area contributed by atoms with Crippen LogP contribution < -0.4 is 10.6 Å². The Labute approximate surface area is 122 Å². The smallest absolute Gasteiger partial charge is 0.270 e. The topological polar surface area (TPSA) is 74.3 Å². The Kier molecular flexibility index (Phi) is 5.08. The molecule has 0 radical (unpaired) electrons. The fraction of sp³-hybridized carbons (Fsp3) is 0.615. The second kappa shape index (κ2) is 6.81. The molecule has 7 heteroatoms. The lowest BCUT2D eigenvalue weighted by molar-refractivity contribution is -0.114. The predicted octanol–water partition coefficient (Wildman–Crippen LogP) is 1.32. The Hall–Kier alpha value is -1.47. The summed E-state index contributed by atoms with van der Waals surface area (Å²) in [7, 11) is 0. The van der Waals surface area contributed by atoms with Crippen molar-refractivity contribution in [2.75, 3.05) is 25.0 Å². The summed E-state index contributed by atoms with van der Waals surface area (Å²) < 4.78 is 0. The molecule has 2 N–H and O–H groups in total. The molecule has 20 heavy (non-hydrogen) atoms. The first-order chi connectivity index (χ1) is 9.56. The van der Waals surface area contributed by atoms with Gasteiger partial charge in [0.15, 0.2) is 5.13 Å². The minimum Gasteiger partial charge on any atom is -0.349 e. The van der Waals surface area contributed by atoms with Crippen LogP contribution in [0.4, 0.5) is 5.13 Å². The van der Waals surface area contributed by atoms with Gasteiger partial charge < -0.3 is 10.6 Å². The lowest BCUT2D eigenvalue weighted by Crippen LogP contribution is -2.40. The average molecular weight is 296 g/mol. The van der Waals surface area contributed by atoms with Crippen molar-refractivity contribution in [2.45, 2.75) is 32.7 Å². The Morgan fingerprint density at radius 1 is 1.45 bits per heavy atom. The first-order valence-electron chi connectivity index (χ1n) is 6.81. The second-order valence-electron chi connectivity index (χ2n) is 5.02. The molecule has 2 amide bonds. The van der Waals surface area contributed by atoms with Crippen molar-refractivity contribution in [1.82, 2.24) is 15.2 Å². The predicted molar refractivity (Wildman–Crippen MR) is 79.0 cm³/mol. The van der Waals surface area contributed by atoms with Crippen LogP contribution in [0.1, 0.15) is 37.2 Å². The van der Waals surface area contributed by atoms with Crippen LogP contribution in [0.3, 0.4) is 0 Å². The van der Waals surface area contributed by atoms with Crippen LogP contribution in [0.2, 0.25) is 0 Å². The van der Waals surface area contributed by atoms with Gasteiger partial charge in [0.2, 0.25) is 5.91 Å². The van der Waals surface area contributed by atoms with Crippen molar-refractivity contribution >= 4 is 28.3 Å². The number of hydrogen-bond acceptors (Lipinski definition) is 5. The van der Waals surface area contributed by atoms with Crippen molar-refractivity contribution in [3.8, 4) is 0 Å². The van der Waals surface area contributed by atoms with Crippen LogP contribution in [0.25, 0.3) is 0 Å². The number of likely N-dealkylation sites (tertiary alicyclic amines) is 1. The van der Waals surface area contributed by atoms with Crippen LogP contribution in [-0.2, 0) is 4.79 Å². The van der Waals surface area contributed by atoms with Crippen LogP contribution in [0, 0.1) is 0 Å². The van der Waals surface area contributed by atoms with E-state index in [4.69, 9.17) is 0 Å². The number of rotatable bonds is 5. The molecule has 110 valence electrons. The maximum absolute atomic E-state index is 12.0. The molecule has 0 spiro atoms. The van der Waals surface area contributed by atoms with E-state index >= 15 is 0 Å². The zero-order valence-electron chi connectivity index (χ0n) is 11.8. The largest absolute Gasteiger partial charge is 0.349 e. The zero-order valence-corrected chi connectivity index (χ0v) is 12.6. The van der Waals surface area contributed by atoms with Crippen LogP contribution in [0.5, 0.6) is 0 Å². The van der Waals surface area contributed by atoms with E-state index < -0.39 is 0 Å². The summed E-state index contributed by atoms with van der Waals surface area (Å²) in [6.07, 6.45) is 2.48. The van der Waals surface area contributed by atoms with E-state index in [0.29, 0.717) is 23.4 Å². The molecule has 0 bridgehead atoms. The number of carbonyl (C=O) groups excluding carboxylic acids is 2. The standard InChI is InChI=1S/C13H20N4O2S/c1-9(17-5-3-4-6-17)7-14-12(19)11-8-20-13(16-11)15-10(2)18/h8-9H,3-7H2,1-2H3,(H,14,19)(H,15,16,18). The first kappa shape index (κ1) is 14.9. The molecule has 1 fully saturated rings. The van der Waals surface area contributed by atoms with Crippen molar-refractivity contribution in [3.05, 3.63) is 11.1 Å². The van der Waals surface area contributed by atoms with Gasteiger partial charge in [-0.15, -0.1) is 11.3 Å². The van der Waals surface area contributed by atoms with Crippen LogP contribution in [0.15, 0.2) is 5.38 Å². The number of nitrogens with zero attached hydrogens (tertiary/aromatic N) is 2. The maximum atomic E-state index is 12.0. The van der Waals surface area contributed by atoms with Gasteiger partial charge >= 0.3 is 0 Å². The average Bonchev–Trinajstić information content (AvgIpc) is 3.05. The van der Waals surface area contributed by atoms with Crippen molar-refractivity contribution < 1.29 is 9.59 Å². The molecule has 1 unspecified atom stereocenters. The summed E-state index contributed by atoms with van der Waals surface area (Å²) in [5.41, 5.74) is 0.354. The van der Waals surface area contributed by atoms with E-state index in [-0.39, 0.29) is 11.8 Å². The Morgan fingerprint density at radius 2 is 2.15 bits per heavy atom. The molecule has 1 aromatic heterocycles. The van der Waals surface area contributed by atoms with Gasteiger partial charge in [0, 0.05) is 24.9 Å². The third-order valence-corrected chi connectivity index (χ3v) is 4.10. The highest BCUT2D eigenvalue weighted by Gasteiger charge is 2.19. The quantitative estimate of drug-likeness (QED) is 0.859. The molecular formula is C13H20N4O2S. The van der Waals surface area contributed by atoms with E-state index in [1.807, 2.05) is 0 Å². The Morgan fingerprint density at radius 3 is 2.80 bits per heavy atom. The van der Waals surface area contributed by atoms with Crippen molar-refractivity contribution in [3.63, 3.8) is 0 Å². The lowest BCUT2D eigenvalue weighted by Gasteiger charge is -2.23. The number of hydrogen-bond donors (Lipinski definition) is 2. The minimum absolute atomic E-state index is 0.186. The summed E-state index contributed by atoms with van der Waals surface area (Å²) >= 11 is 1.25. The molecule has 0 aliphatic carbocycles. The van der Waals surface area contributed by atoms with Gasteiger partial charge in [0.1, 0.15) is 5.69 Å². The molecule has 1 aliphatic heterocycles. The molecule has 2 heterocycles. The summed E-state index contributed by atoms with van der Waals surface area (Å²) in [5.74, 6) is -0.377. The summed E-state index contributed by atoms with van der Waals surface area (Å²) in [6, 6.07) is 0.343. The monoisotopic (exact) mass is 296 g/mol. The number of carbonyl (C=O) groups is 2. The first-order valence-corrected chi connectivity index (χ1v) is 7.69. The highest BCUT2D eigenvalue weighted by atomic mass is 32.1. The number of thiazole rings is 1. The van der Waals surface area contributed by atoms with Gasteiger partial charge in [0.25, 0.3) is 5.91 Å². The zero-order chi connectivity index (χ0) is 14.5. The third-order valence-electron chi connectivity index (χ3n) is 3.34. The molecule has 0 aromatic carbocycles. The van der Waals surface area contributed by atoms with E-state index in [2.05, 4.69) is 27.4 Å². The molecule has 0 saturated carbocycles. The summed E-state index contributed by atoms with van der Waals surface area (Å²) in [4.78, 5) is 29.3. The van der Waals surface area contributed by atoms with Gasteiger partial charge in [-0.25, -0.2) is 4.98 Å². The van der Waals surface area contributed by atoms with Gasteiger partial charge in [0.05, 0.1) is 0 Å². The van der Waals surface area contributed by atoms with Crippen molar-refractivity contribution in [2.24, 2.45) is 0 Å². The van der Waals surface area contributed by atoms with E-state index in [1.165, 1.54) is 31.1 Å². The molecule has 1 saturated heterocycles. The number of amides is 2. The van der Waals surface area contributed by atoms with E-state index in [0.717, 1.165) is 13.1 Å². The fourth-order valence-corrected chi connectivity index (χ4v) is 2.97. The van der Waals surface area contributed by atoms with Gasteiger partial charge in [-0.3, -0.25) is 14.5 Å². The highest BCUT2D eigenvalue weighted by Crippen LogP contribution is 2.15. The SMILES string of the molecule is CC(=O)Nc1nc(C(=O)NCC(C)N2CCCC2)cs1. The van der Waals surface area contributed by atoms with E-state index in [9.17, 15) is 9.59 Å². The van der Waals surface area contributed by atoms with E-state index in [1.54, 1.807) is 5.38 Å². The summed E-state index contributed by atoms with van der Waals surface area (Å²) in [6.45, 7) is 6.38. The van der Waals surface area contributed by atoms with Gasteiger partial charge in [-0.05, 0) is 32.9 Å². The van der Waals surface area contributed by atoms with Crippen molar-refractivity contribution in [1.29, 1.82) is 0 Å². The molecular weight excluding hydrogens is 276 g/mol. The van der Waals surface area contributed by atoms with Crippen LogP contribution >= 0.6 is 11.3 Å². The number of anilines is 1. The van der Waals surface area contributed by atoms with Gasteiger partial charge in [-0.1, -0.05) is 0 Å². The second-order valence-corrected chi connectivity index (χ2v) is 5.88. The highest BCUT2D eigenvalue weighted by molar-refractivity contribution is 7.14. The molecule has 1 atom stereocenters. The maximum Gasteiger partial charge on any atom is 0.270 e. The summed E-state index contributed by atoms with van der Waals surface area (Å²) in [5, 5.41) is 7.57. The Bertz CT molecular complexity index is 482. The Balaban J connectivity index is 1.81. The number of nitrogens with one attached hydrogen (secondary N) is 2. The van der Waals surface area contributed by atoms with Crippen LogP contribution in [-0.4, -0.2) is 47.4 Å². The minimum atomic E-state index is -0.191. The third kappa shape index (κ3) is 4.01. The van der Waals surface area contributed by atoms with Gasteiger partial charge in [-0.2, -0.15) is 0 Å².